The second-order valence-electron chi connectivity index (χ2n) is 20.5. The lowest BCUT2D eigenvalue weighted by Gasteiger charge is -2.61. The van der Waals surface area contributed by atoms with Gasteiger partial charge < -0.3 is 0 Å². The van der Waals surface area contributed by atoms with Gasteiger partial charge in [-0.1, -0.05) is 116 Å². The summed E-state index contributed by atoms with van der Waals surface area (Å²) in [6.07, 6.45) is 48.3. The molecule has 0 heteroatoms. The smallest absolute Gasteiger partial charge is 0.0323 e. The maximum atomic E-state index is 1.68. The van der Waals surface area contributed by atoms with Crippen LogP contribution < -0.4 is 0 Å². The van der Waals surface area contributed by atoms with E-state index in [2.05, 4.69) is 0 Å². The van der Waals surface area contributed by atoms with Crippen LogP contribution in [0.2, 0.25) is 0 Å². The van der Waals surface area contributed by atoms with Crippen molar-refractivity contribution in [3.63, 3.8) is 0 Å². The van der Waals surface area contributed by atoms with Crippen LogP contribution in [0, 0.1) is 94.7 Å². The van der Waals surface area contributed by atoms with Gasteiger partial charge in [-0.25, -0.2) is 0 Å². The summed E-state index contributed by atoms with van der Waals surface area (Å²) in [5, 5.41) is 0. The van der Waals surface area contributed by atoms with Gasteiger partial charge in [-0.2, -0.15) is 0 Å². The van der Waals surface area contributed by atoms with Gasteiger partial charge in [0.15, 0.2) is 0 Å². The van der Waals surface area contributed by atoms with Crippen molar-refractivity contribution in [3.05, 3.63) is 0 Å². The molecule has 0 bridgehead atoms. The molecule has 0 radical (unpaired) electrons. The molecule has 0 aliphatic heterocycles. The normalized spacial score (nSPS) is 53.2. The second kappa shape index (κ2) is 14.3. The van der Waals surface area contributed by atoms with Crippen molar-refractivity contribution in [1.29, 1.82) is 0 Å². The van der Waals surface area contributed by atoms with Crippen LogP contribution in [0.25, 0.3) is 0 Å². The second-order valence-corrected chi connectivity index (χ2v) is 20.5. The third-order valence-corrected chi connectivity index (χ3v) is 18.8. The fourth-order valence-electron chi connectivity index (χ4n) is 17.1. The summed E-state index contributed by atoms with van der Waals surface area (Å²) in [5.74, 6) is 18.0. The summed E-state index contributed by atoms with van der Waals surface area (Å²) in [5.41, 5.74) is 0. The Labute approximate surface area is 286 Å². The number of hydrogen-bond acceptors (Lipinski definition) is 0. The molecule has 9 saturated carbocycles. The van der Waals surface area contributed by atoms with Crippen molar-refractivity contribution in [2.75, 3.05) is 0 Å². The molecule has 14 atom stereocenters. The summed E-state index contributed by atoms with van der Waals surface area (Å²) in [4.78, 5) is 0. The van der Waals surface area contributed by atoms with Gasteiger partial charge in [-0.3, -0.25) is 0 Å². The molecule has 9 rings (SSSR count). The zero-order chi connectivity index (χ0) is 30.5. The van der Waals surface area contributed by atoms with E-state index in [1.54, 1.807) is 193 Å². The highest BCUT2D eigenvalue weighted by Gasteiger charge is 2.56. The van der Waals surface area contributed by atoms with Crippen LogP contribution >= 0.6 is 0 Å². The molecule has 260 valence electrons. The van der Waals surface area contributed by atoms with E-state index < -0.39 is 0 Å². The lowest BCUT2D eigenvalue weighted by Crippen LogP contribution is -2.54. The van der Waals surface area contributed by atoms with Gasteiger partial charge in [-0.15, -0.1) is 0 Å². The van der Waals surface area contributed by atoms with Crippen LogP contribution in [0.1, 0.15) is 193 Å². The molecular weight excluding hydrogens is 553 g/mol. The summed E-state index contributed by atoms with van der Waals surface area (Å²) in [6.45, 7) is 0. The Morgan fingerprint density at radius 1 is 0.174 bits per heavy atom. The largest absolute Gasteiger partial charge is 0.0530 e. The first-order valence-corrected chi connectivity index (χ1v) is 22.8. The molecule has 0 amide bonds. The zero-order valence-electron chi connectivity index (χ0n) is 30.5. The van der Waals surface area contributed by atoms with Gasteiger partial charge in [0.1, 0.15) is 0 Å². The molecule has 0 nitrogen and oxygen atoms in total. The van der Waals surface area contributed by atoms with Gasteiger partial charge in [-0.05, 0) is 172 Å². The van der Waals surface area contributed by atoms with E-state index in [0.717, 1.165) is 94.7 Å². The maximum absolute atomic E-state index is 1.68. The van der Waals surface area contributed by atoms with Crippen LogP contribution in [0.3, 0.4) is 0 Å². The van der Waals surface area contributed by atoms with Crippen LogP contribution in [0.15, 0.2) is 0 Å². The lowest BCUT2D eigenvalue weighted by atomic mass is 9.44. The van der Waals surface area contributed by atoms with E-state index in [9.17, 15) is 0 Å². The van der Waals surface area contributed by atoms with Gasteiger partial charge in [0.2, 0.25) is 0 Å². The Morgan fingerprint density at radius 3 is 0.826 bits per heavy atom. The molecule has 46 heavy (non-hydrogen) atoms. The zero-order valence-corrected chi connectivity index (χ0v) is 30.5. The van der Waals surface area contributed by atoms with E-state index in [1.165, 1.54) is 0 Å². The standard InChI is InChI=1S/C46H76/c1-3-13-33-27-37(25-23-31(33)11-1)35-15-9-17-39(29-35)45-41-19-5-7-21-43(41)46(44-22-8-6-20-42(44)45)40-18-10-16-36(30-40)38-26-24-32-12-2-4-14-34(32)28-38/h31-46H,1-30H2. The minimum Gasteiger partial charge on any atom is -0.0530 e. The number of hydrogen-bond donors (Lipinski definition) is 0. The SMILES string of the molecule is C1CCC2CC(C3CCCC(C4C5CCCCC5C(C5CCCC(C6CCC7CCCCC7C6)C5)C5CCCCC54)C3)CCC2C1. The van der Waals surface area contributed by atoms with Crippen molar-refractivity contribution in [3.8, 4) is 0 Å². The first-order valence-electron chi connectivity index (χ1n) is 22.8. The Kier molecular flexibility index (Phi) is 9.94. The average molecular weight is 629 g/mol. The van der Waals surface area contributed by atoms with Crippen molar-refractivity contribution in [1.82, 2.24) is 0 Å². The van der Waals surface area contributed by atoms with Gasteiger partial charge in [0, 0.05) is 0 Å². The molecule has 9 fully saturated rings. The summed E-state index contributed by atoms with van der Waals surface area (Å²) < 4.78 is 0. The van der Waals surface area contributed by atoms with Crippen molar-refractivity contribution in [2.45, 2.75) is 193 Å². The van der Waals surface area contributed by atoms with Crippen LogP contribution in [0.4, 0.5) is 0 Å². The molecule has 9 aliphatic rings. The fourth-order valence-corrected chi connectivity index (χ4v) is 17.1. The Bertz CT molecular complexity index is 879. The molecule has 0 heterocycles. The molecule has 14 unspecified atom stereocenters. The summed E-state index contributed by atoms with van der Waals surface area (Å²) in [6, 6.07) is 0. The predicted molar refractivity (Wildman–Crippen MR) is 194 cm³/mol. The van der Waals surface area contributed by atoms with Crippen molar-refractivity contribution in [2.24, 2.45) is 94.7 Å². The highest BCUT2D eigenvalue weighted by Crippen LogP contribution is 2.63. The van der Waals surface area contributed by atoms with E-state index in [-0.39, 0.29) is 0 Å². The summed E-state index contributed by atoms with van der Waals surface area (Å²) >= 11 is 0. The quantitative estimate of drug-likeness (QED) is 0.290. The van der Waals surface area contributed by atoms with Crippen LogP contribution in [0.5, 0.6) is 0 Å². The molecule has 0 aromatic heterocycles. The molecule has 0 saturated heterocycles. The third-order valence-electron chi connectivity index (χ3n) is 18.8. The molecule has 0 spiro atoms. The lowest BCUT2D eigenvalue weighted by molar-refractivity contribution is -0.120. The van der Waals surface area contributed by atoms with Crippen molar-refractivity contribution < 1.29 is 0 Å². The first kappa shape index (κ1) is 31.9. The molecule has 0 aromatic carbocycles. The highest BCUT2D eigenvalue weighted by molar-refractivity contribution is 5.05. The van der Waals surface area contributed by atoms with E-state index in [0.29, 0.717) is 0 Å². The van der Waals surface area contributed by atoms with Crippen LogP contribution in [-0.4, -0.2) is 0 Å². The van der Waals surface area contributed by atoms with Gasteiger partial charge >= 0.3 is 0 Å². The molecule has 9 aliphatic carbocycles. The van der Waals surface area contributed by atoms with E-state index in [1.807, 2.05) is 0 Å². The maximum Gasteiger partial charge on any atom is -0.0323 e. The van der Waals surface area contributed by atoms with Gasteiger partial charge in [0.25, 0.3) is 0 Å². The summed E-state index contributed by atoms with van der Waals surface area (Å²) in [7, 11) is 0. The Hall–Kier alpha value is 0. The molecule has 0 N–H and O–H groups in total. The predicted octanol–water partition coefficient (Wildman–Crippen LogP) is 13.7. The molecular formula is C46H76. The fraction of sp³-hybridized carbons (Fsp3) is 1.00. The number of rotatable bonds is 4. The first-order chi connectivity index (χ1) is 22.8. The third kappa shape index (κ3) is 6.26. The monoisotopic (exact) mass is 629 g/mol. The average Bonchev–Trinajstić information content (AvgIpc) is 3.13. The topological polar surface area (TPSA) is 0 Å². The minimum atomic E-state index is 1.11. The van der Waals surface area contributed by atoms with Crippen LogP contribution in [-0.2, 0) is 0 Å². The van der Waals surface area contributed by atoms with Crippen molar-refractivity contribution >= 4 is 0 Å². The van der Waals surface area contributed by atoms with Gasteiger partial charge in [0.05, 0.1) is 0 Å². The minimum absolute atomic E-state index is 1.11. The van der Waals surface area contributed by atoms with E-state index in [4.69, 9.17) is 0 Å². The molecule has 0 aromatic rings. The Morgan fingerprint density at radius 2 is 0.413 bits per heavy atom. The highest BCUT2D eigenvalue weighted by atomic mass is 14.6. The number of fused-ring (bicyclic) bond motifs is 4. The Balaban J connectivity index is 0.919. The van der Waals surface area contributed by atoms with E-state index >= 15 is 0 Å².